The first kappa shape index (κ1) is 11.0. The third-order valence-corrected chi connectivity index (χ3v) is 4.05. The van der Waals surface area contributed by atoms with Gasteiger partial charge < -0.3 is 5.32 Å². The number of thioether (sulfide) groups is 1. The maximum atomic E-state index is 13.8. The minimum absolute atomic E-state index is 0.0579. The molecule has 1 heterocycles. The average molecular weight is 225 g/mol. The largest absolute Gasteiger partial charge is 0.313 e. The molecular formula is C12H16FNS. The summed E-state index contributed by atoms with van der Waals surface area (Å²) < 4.78 is 13.8. The number of hydrogen-bond acceptors (Lipinski definition) is 2. The lowest BCUT2D eigenvalue weighted by Crippen LogP contribution is -2.19. The molecule has 0 saturated heterocycles. The molecule has 0 radical (unpaired) electrons. The molecule has 1 aromatic rings. The summed E-state index contributed by atoms with van der Waals surface area (Å²) in [5, 5.41) is 3.21. The van der Waals surface area contributed by atoms with E-state index in [2.05, 4.69) is 12.2 Å². The molecule has 1 nitrogen and oxygen atoms in total. The van der Waals surface area contributed by atoms with Crippen molar-refractivity contribution in [2.24, 2.45) is 0 Å². The minimum atomic E-state index is -0.0579. The summed E-state index contributed by atoms with van der Waals surface area (Å²) in [5.74, 6) is 1.98. The molecule has 0 aliphatic carbocycles. The van der Waals surface area contributed by atoms with Crippen LogP contribution in [0.4, 0.5) is 4.39 Å². The van der Waals surface area contributed by atoms with Crippen molar-refractivity contribution < 1.29 is 4.39 Å². The molecule has 0 amide bonds. The van der Waals surface area contributed by atoms with Gasteiger partial charge in [-0.15, -0.1) is 0 Å². The maximum absolute atomic E-state index is 13.8. The molecule has 2 rings (SSSR count). The third-order valence-electron chi connectivity index (χ3n) is 3.03. The lowest BCUT2D eigenvalue weighted by Gasteiger charge is -2.18. The second-order valence-corrected chi connectivity index (χ2v) is 5.04. The number of fused-ring (bicyclic) bond motifs is 1. The summed E-state index contributed by atoms with van der Waals surface area (Å²) in [7, 11) is 1.91. The molecule has 3 heteroatoms. The van der Waals surface area contributed by atoms with Crippen LogP contribution in [0.1, 0.15) is 29.2 Å². The van der Waals surface area contributed by atoms with Crippen LogP contribution >= 0.6 is 11.8 Å². The van der Waals surface area contributed by atoms with E-state index in [9.17, 15) is 4.39 Å². The summed E-state index contributed by atoms with van der Waals surface area (Å²) in [5.41, 5.74) is 3.29. The van der Waals surface area contributed by atoms with E-state index >= 15 is 0 Å². The summed E-state index contributed by atoms with van der Waals surface area (Å²) in [6.07, 6.45) is 1.01. The van der Waals surface area contributed by atoms with Gasteiger partial charge in [-0.3, -0.25) is 0 Å². The topological polar surface area (TPSA) is 12.0 Å². The number of halogens is 1. The second-order valence-electron chi connectivity index (χ2n) is 3.94. The molecule has 1 aliphatic rings. The molecular weight excluding hydrogens is 209 g/mol. The molecule has 82 valence electrons. The fourth-order valence-electron chi connectivity index (χ4n) is 2.12. The highest BCUT2D eigenvalue weighted by atomic mass is 32.2. The van der Waals surface area contributed by atoms with Crippen molar-refractivity contribution in [1.82, 2.24) is 5.32 Å². The standard InChI is InChI=1S/C12H16FNS/c1-8-3-4-10(13)12-9(8)7-15-6-5-11(12)14-2/h3-4,11,14H,5-7H2,1-2H3. The van der Waals surface area contributed by atoms with Crippen molar-refractivity contribution in [3.63, 3.8) is 0 Å². The van der Waals surface area contributed by atoms with Crippen molar-refractivity contribution in [1.29, 1.82) is 0 Å². The number of hydrogen-bond donors (Lipinski definition) is 1. The van der Waals surface area contributed by atoms with Gasteiger partial charge in [0.15, 0.2) is 0 Å². The van der Waals surface area contributed by atoms with Crippen LogP contribution in [-0.4, -0.2) is 12.8 Å². The molecule has 15 heavy (non-hydrogen) atoms. The summed E-state index contributed by atoms with van der Waals surface area (Å²) >= 11 is 1.89. The van der Waals surface area contributed by atoms with E-state index in [0.29, 0.717) is 0 Å². The zero-order valence-electron chi connectivity index (χ0n) is 9.14. The van der Waals surface area contributed by atoms with Crippen molar-refractivity contribution in [3.8, 4) is 0 Å². The van der Waals surface area contributed by atoms with Crippen LogP contribution in [0, 0.1) is 12.7 Å². The van der Waals surface area contributed by atoms with E-state index in [-0.39, 0.29) is 11.9 Å². The first-order valence-corrected chi connectivity index (χ1v) is 6.42. The van der Waals surface area contributed by atoms with Crippen LogP contribution in [0.5, 0.6) is 0 Å². The number of rotatable bonds is 1. The molecule has 0 spiro atoms. The van der Waals surface area contributed by atoms with Gasteiger partial charge in [0, 0.05) is 17.4 Å². The van der Waals surface area contributed by atoms with Gasteiger partial charge in [-0.25, -0.2) is 4.39 Å². The molecule has 0 fully saturated rings. The van der Waals surface area contributed by atoms with Crippen molar-refractivity contribution in [2.45, 2.75) is 25.1 Å². The van der Waals surface area contributed by atoms with E-state index in [1.165, 1.54) is 11.1 Å². The Morgan fingerprint density at radius 3 is 3.00 bits per heavy atom. The molecule has 1 atom stereocenters. The van der Waals surface area contributed by atoms with E-state index < -0.39 is 0 Å². The Balaban J connectivity index is 2.54. The summed E-state index contributed by atoms with van der Waals surface area (Å²) in [6.45, 7) is 2.07. The van der Waals surface area contributed by atoms with Crippen LogP contribution in [0.2, 0.25) is 0 Å². The van der Waals surface area contributed by atoms with E-state index in [0.717, 1.165) is 23.5 Å². The van der Waals surface area contributed by atoms with Crippen LogP contribution in [0.3, 0.4) is 0 Å². The highest BCUT2D eigenvalue weighted by Gasteiger charge is 2.22. The molecule has 0 aromatic heterocycles. The van der Waals surface area contributed by atoms with Crippen LogP contribution in [0.25, 0.3) is 0 Å². The Hall–Kier alpha value is -0.540. The predicted molar refractivity (Wildman–Crippen MR) is 63.7 cm³/mol. The van der Waals surface area contributed by atoms with Crippen LogP contribution < -0.4 is 5.32 Å². The van der Waals surface area contributed by atoms with Gasteiger partial charge in [-0.2, -0.15) is 11.8 Å². The first-order chi connectivity index (χ1) is 7.24. The highest BCUT2D eigenvalue weighted by Crippen LogP contribution is 2.33. The number of aryl methyl sites for hydroxylation is 1. The molecule has 1 aromatic carbocycles. The molecule has 1 unspecified atom stereocenters. The summed E-state index contributed by atoms with van der Waals surface area (Å²) in [4.78, 5) is 0. The van der Waals surface area contributed by atoms with Gasteiger partial charge >= 0.3 is 0 Å². The fraction of sp³-hybridized carbons (Fsp3) is 0.500. The van der Waals surface area contributed by atoms with Crippen LogP contribution in [-0.2, 0) is 5.75 Å². The predicted octanol–water partition coefficient (Wildman–Crippen LogP) is 3.03. The Kier molecular flexibility index (Phi) is 3.32. The fourth-order valence-corrected chi connectivity index (χ4v) is 3.26. The highest BCUT2D eigenvalue weighted by molar-refractivity contribution is 7.98. The molecule has 0 saturated carbocycles. The van der Waals surface area contributed by atoms with Gasteiger partial charge in [-0.1, -0.05) is 6.07 Å². The zero-order chi connectivity index (χ0) is 10.8. The van der Waals surface area contributed by atoms with Crippen molar-refractivity contribution >= 4 is 11.8 Å². The van der Waals surface area contributed by atoms with E-state index in [4.69, 9.17) is 0 Å². The second kappa shape index (κ2) is 4.54. The maximum Gasteiger partial charge on any atom is 0.128 e. The van der Waals surface area contributed by atoms with Gasteiger partial charge in [-0.05, 0) is 43.3 Å². The van der Waals surface area contributed by atoms with Gasteiger partial charge in [0.1, 0.15) is 5.82 Å². The first-order valence-electron chi connectivity index (χ1n) is 5.27. The zero-order valence-corrected chi connectivity index (χ0v) is 9.96. The Morgan fingerprint density at radius 2 is 2.27 bits per heavy atom. The Morgan fingerprint density at radius 1 is 1.47 bits per heavy atom. The number of benzene rings is 1. The smallest absolute Gasteiger partial charge is 0.128 e. The Bertz CT molecular complexity index is 365. The Labute approximate surface area is 94.5 Å². The van der Waals surface area contributed by atoms with Crippen LogP contribution in [0.15, 0.2) is 12.1 Å². The SMILES string of the molecule is CNC1CCSCc2c(C)ccc(F)c21. The van der Waals surface area contributed by atoms with E-state index in [1.807, 2.05) is 24.9 Å². The molecule has 1 aliphatic heterocycles. The van der Waals surface area contributed by atoms with Crippen molar-refractivity contribution in [2.75, 3.05) is 12.8 Å². The van der Waals surface area contributed by atoms with Gasteiger partial charge in [0.2, 0.25) is 0 Å². The molecule has 1 N–H and O–H groups in total. The third kappa shape index (κ3) is 2.04. The lowest BCUT2D eigenvalue weighted by molar-refractivity contribution is 0.526. The van der Waals surface area contributed by atoms with E-state index in [1.54, 1.807) is 6.07 Å². The van der Waals surface area contributed by atoms with Crippen molar-refractivity contribution in [3.05, 3.63) is 34.6 Å². The minimum Gasteiger partial charge on any atom is -0.313 e. The van der Waals surface area contributed by atoms with Gasteiger partial charge in [0.25, 0.3) is 0 Å². The lowest BCUT2D eigenvalue weighted by atomic mass is 9.95. The number of nitrogens with one attached hydrogen (secondary N) is 1. The summed E-state index contributed by atoms with van der Waals surface area (Å²) in [6, 6.07) is 3.65. The monoisotopic (exact) mass is 225 g/mol. The normalized spacial score (nSPS) is 20.9. The molecule has 0 bridgehead atoms. The van der Waals surface area contributed by atoms with Gasteiger partial charge in [0.05, 0.1) is 0 Å². The quantitative estimate of drug-likeness (QED) is 0.788. The average Bonchev–Trinajstić information content (AvgIpc) is 2.46.